The summed E-state index contributed by atoms with van der Waals surface area (Å²) < 4.78 is 0. The Bertz CT molecular complexity index is 125. The van der Waals surface area contributed by atoms with E-state index in [2.05, 4.69) is 25.8 Å². The summed E-state index contributed by atoms with van der Waals surface area (Å²) in [5.74, 6) is 0.642. The van der Waals surface area contributed by atoms with Crippen LogP contribution in [0.4, 0.5) is 0 Å². The second kappa shape index (κ2) is 4.30. The van der Waals surface area contributed by atoms with Crippen LogP contribution in [0.3, 0.4) is 0 Å². The van der Waals surface area contributed by atoms with Crippen LogP contribution < -0.4 is 0 Å². The standard InChI is InChI=1S/C8H15N.H2/c1-7(2)8(3)5-6-9-4;/h5-7H,1-4H3;1H/b8-5+,9-6?;. The van der Waals surface area contributed by atoms with E-state index in [1.54, 1.807) is 7.05 Å². The zero-order valence-corrected chi connectivity index (χ0v) is 6.68. The maximum absolute atomic E-state index is 3.86. The summed E-state index contributed by atoms with van der Waals surface area (Å²) >= 11 is 0. The number of rotatable bonds is 2. The zero-order valence-electron chi connectivity index (χ0n) is 6.68. The molecule has 1 heteroatoms. The first-order chi connectivity index (χ1) is 4.18. The van der Waals surface area contributed by atoms with Gasteiger partial charge in [0, 0.05) is 14.7 Å². The first kappa shape index (κ1) is 8.41. The van der Waals surface area contributed by atoms with Gasteiger partial charge in [-0.15, -0.1) is 0 Å². The van der Waals surface area contributed by atoms with Crippen LogP contribution in [-0.2, 0) is 0 Å². The van der Waals surface area contributed by atoms with E-state index in [0.29, 0.717) is 5.92 Å². The van der Waals surface area contributed by atoms with Gasteiger partial charge in [-0.2, -0.15) is 0 Å². The lowest BCUT2D eigenvalue weighted by molar-refractivity contribution is 0.771. The number of allylic oxidation sites excluding steroid dienone is 2. The third kappa shape index (κ3) is 3.95. The normalized spacial score (nSPS) is 13.7. The summed E-state index contributed by atoms with van der Waals surface area (Å²) in [5, 5.41) is 0. The number of hydrogen-bond donors (Lipinski definition) is 0. The van der Waals surface area contributed by atoms with Gasteiger partial charge in [-0.05, 0) is 18.9 Å². The highest BCUT2D eigenvalue weighted by Gasteiger charge is 1.91. The molecule has 9 heavy (non-hydrogen) atoms. The van der Waals surface area contributed by atoms with E-state index in [4.69, 9.17) is 0 Å². The molecular weight excluding hydrogens is 110 g/mol. The van der Waals surface area contributed by atoms with E-state index >= 15 is 0 Å². The first-order valence-corrected chi connectivity index (χ1v) is 3.27. The summed E-state index contributed by atoms with van der Waals surface area (Å²) in [7, 11) is 1.78. The fourth-order valence-electron chi connectivity index (χ4n) is 0.385. The molecule has 0 N–H and O–H groups in total. The van der Waals surface area contributed by atoms with Crippen LogP contribution in [0.15, 0.2) is 16.6 Å². The fourth-order valence-corrected chi connectivity index (χ4v) is 0.385. The minimum Gasteiger partial charge on any atom is -0.297 e. The van der Waals surface area contributed by atoms with Gasteiger partial charge in [0.25, 0.3) is 0 Å². The van der Waals surface area contributed by atoms with Crippen LogP contribution in [0.25, 0.3) is 0 Å². The summed E-state index contributed by atoms with van der Waals surface area (Å²) in [6.45, 7) is 6.47. The van der Waals surface area contributed by atoms with Gasteiger partial charge in [-0.1, -0.05) is 19.4 Å². The Labute approximate surface area is 59.0 Å². The molecular formula is C8H17N. The Balaban J connectivity index is 0. The number of nitrogens with zero attached hydrogens (tertiary/aromatic N) is 1. The van der Waals surface area contributed by atoms with Gasteiger partial charge in [0.2, 0.25) is 0 Å². The molecule has 0 unspecified atom stereocenters. The van der Waals surface area contributed by atoms with E-state index in [1.807, 2.05) is 12.3 Å². The Kier molecular flexibility index (Phi) is 4.02. The third-order valence-corrected chi connectivity index (χ3v) is 1.40. The van der Waals surface area contributed by atoms with Crippen molar-refractivity contribution in [1.29, 1.82) is 0 Å². The Morgan fingerprint density at radius 2 is 2.11 bits per heavy atom. The van der Waals surface area contributed by atoms with E-state index in [1.165, 1.54) is 5.57 Å². The van der Waals surface area contributed by atoms with Gasteiger partial charge in [-0.3, -0.25) is 4.99 Å². The molecule has 0 aromatic rings. The molecule has 0 aliphatic carbocycles. The fraction of sp³-hybridized carbons (Fsp3) is 0.625. The largest absolute Gasteiger partial charge is 0.297 e. The lowest BCUT2D eigenvalue weighted by Crippen LogP contribution is -1.87. The molecule has 0 aromatic carbocycles. The number of hydrogen-bond acceptors (Lipinski definition) is 1. The first-order valence-electron chi connectivity index (χ1n) is 3.27. The summed E-state index contributed by atoms with van der Waals surface area (Å²) in [6, 6.07) is 0. The Hall–Kier alpha value is -0.590. The molecule has 0 rings (SSSR count). The molecule has 0 aromatic heterocycles. The second-order valence-corrected chi connectivity index (χ2v) is 2.47. The average molecular weight is 127 g/mol. The SMILES string of the molecule is CN=C/C=C(\C)C(C)C.[HH]. The van der Waals surface area contributed by atoms with Gasteiger partial charge in [0.05, 0.1) is 0 Å². The van der Waals surface area contributed by atoms with Crippen LogP contribution in [0.2, 0.25) is 0 Å². The molecule has 0 aliphatic rings. The lowest BCUT2D eigenvalue weighted by Gasteiger charge is -2.00. The monoisotopic (exact) mass is 127 g/mol. The number of aliphatic imine (C=N–C) groups is 1. The predicted octanol–water partition coefficient (Wildman–Crippen LogP) is 2.54. The van der Waals surface area contributed by atoms with Crippen LogP contribution in [-0.4, -0.2) is 13.3 Å². The van der Waals surface area contributed by atoms with Crippen molar-refractivity contribution in [2.75, 3.05) is 7.05 Å². The predicted molar refractivity (Wildman–Crippen MR) is 45.1 cm³/mol. The second-order valence-electron chi connectivity index (χ2n) is 2.47. The van der Waals surface area contributed by atoms with Crippen molar-refractivity contribution in [3.05, 3.63) is 11.6 Å². The van der Waals surface area contributed by atoms with Gasteiger partial charge in [0.15, 0.2) is 0 Å². The molecule has 0 radical (unpaired) electrons. The Morgan fingerprint density at radius 1 is 1.56 bits per heavy atom. The summed E-state index contributed by atoms with van der Waals surface area (Å²) in [4.78, 5) is 3.86. The molecule has 0 spiro atoms. The van der Waals surface area contributed by atoms with Crippen LogP contribution in [0, 0.1) is 5.92 Å². The summed E-state index contributed by atoms with van der Waals surface area (Å²) in [5.41, 5.74) is 1.38. The van der Waals surface area contributed by atoms with Crippen LogP contribution in [0.1, 0.15) is 22.2 Å². The molecule has 0 bridgehead atoms. The van der Waals surface area contributed by atoms with Crippen molar-refractivity contribution in [3.8, 4) is 0 Å². The highest BCUT2D eigenvalue weighted by molar-refractivity contribution is 5.71. The maximum atomic E-state index is 3.86. The lowest BCUT2D eigenvalue weighted by atomic mass is 10.1. The molecule has 0 aliphatic heterocycles. The van der Waals surface area contributed by atoms with Gasteiger partial charge in [0.1, 0.15) is 0 Å². The Morgan fingerprint density at radius 3 is 2.44 bits per heavy atom. The molecule has 0 heterocycles. The van der Waals surface area contributed by atoms with Crippen molar-refractivity contribution in [1.82, 2.24) is 0 Å². The van der Waals surface area contributed by atoms with Gasteiger partial charge >= 0.3 is 0 Å². The molecule has 0 saturated heterocycles. The third-order valence-electron chi connectivity index (χ3n) is 1.40. The van der Waals surface area contributed by atoms with Gasteiger partial charge in [-0.25, -0.2) is 0 Å². The molecule has 0 amide bonds. The molecule has 54 valence electrons. The van der Waals surface area contributed by atoms with Crippen molar-refractivity contribution >= 4 is 6.21 Å². The van der Waals surface area contributed by atoms with Crippen molar-refractivity contribution in [2.45, 2.75) is 20.8 Å². The van der Waals surface area contributed by atoms with Crippen molar-refractivity contribution in [2.24, 2.45) is 10.9 Å². The highest BCUT2D eigenvalue weighted by atomic mass is 14.6. The zero-order chi connectivity index (χ0) is 7.28. The van der Waals surface area contributed by atoms with Crippen molar-refractivity contribution < 1.29 is 1.43 Å². The molecule has 0 fully saturated rings. The van der Waals surface area contributed by atoms with E-state index in [9.17, 15) is 0 Å². The molecule has 0 atom stereocenters. The van der Waals surface area contributed by atoms with Crippen molar-refractivity contribution in [3.63, 3.8) is 0 Å². The summed E-state index contributed by atoms with van der Waals surface area (Å²) in [6.07, 6.45) is 3.88. The van der Waals surface area contributed by atoms with E-state index < -0.39 is 0 Å². The van der Waals surface area contributed by atoms with E-state index in [0.717, 1.165) is 0 Å². The topological polar surface area (TPSA) is 12.4 Å². The van der Waals surface area contributed by atoms with Gasteiger partial charge < -0.3 is 0 Å². The van der Waals surface area contributed by atoms with Crippen LogP contribution in [0.5, 0.6) is 0 Å². The van der Waals surface area contributed by atoms with E-state index in [-0.39, 0.29) is 1.43 Å². The highest BCUT2D eigenvalue weighted by Crippen LogP contribution is 2.05. The maximum Gasteiger partial charge on any atom is 0.0277 e. The quantitative estimate of drug-likeness (QED) is 0.505. The molecule has 0 saturated carbocycles. The minimum absolute atomic E-state index is 0. The minimum atomic E-state index is 0. The average Bonchev–Trinajstić information content (AvgIpc) is 1.82. The molecule has 1 nitrogen and oxygen atoms in total. The smallest absolute Gasteiger partial charge is 0.0277 e. The van der Waals surface area contributed by atoms with Crippen LogP contribution >= 0.6 is 0 Å².